The summed E-state index contributed by atoms with van der Waals surface area (Å²) in [6.07, 6.45) is -1.74. The van der Waals surface area contributed by atoms with Gasteiger partial charge in [-0.2, -0.15) is 13.2 Å². The van der Waals surface area contributed by atoms with Gasteiger partial charge in [0.25, 0.3) is 0 Å². The lowest BCUT2D eigenvalue weighted by Crippen LogP contribution is -2.34. The van der Waals surface area contributed by atoms with Gasteiger partial charge < -0.3 is 4.74 Å². The lowest BCUT2D eigenvalue weighted by Gasteiger charge is -2.27. The smallest absolute Gasteiger partial charge is 0.416 e. The Morgan fingerprint density at radius 2 is 1.73 bits per heavy atom. The van der Waals surface area contributed by atoms with Gasteiger partial charge in [-0.15, -0.1) is 0 Å². The van der Waals surface area contributed by atoms with Crippen molar-refractivity contribution in [1.82, 2.24) is 0 Å². The Labute approximate surface area is 148 Å². The minimum atomic E-state index is -4.45. The molecule has 0 unspecified atom stereocenters. The fourth-order valence-corrected chi connectivity index (χ4v) is 3.50. The van der Waals surface area contributed by atoms with Crippen molar-refractivity contribution in [2.24, 2.45) is 0 Å². The van der Waals surface area contributed by atoms with Crippen molar-refractivity contribution in [3.05, 3.63) is 71.0 Å². The van der Waals surface area contributed by atoms with E-state index in [4.69, 9.17) is 4.74 Å². The zero-order valence-electron chi connectivity index (χ0n) is 14.0. The maximum Gasteiger partial charge on any atom is 0.416 e. The standard InChI is InChI=1S/C20H18F4O2/c21-17-8-4-6-15(12-17)19(9-1-2-10-19)18(25)26-13-14-5-3-7-16(11-14)20(22,23)24/h3-8,11-12H,1-2,9-10,13H2. The van der Waals surface area contributed by atoms with Crippen molar-refractivity contribution in [3.63, 3.8) is 0 Å². The third-order valence-corrected chi connectivity index (χ3v) is 4.85. The molecule has 1 aliphatic rings. The van der Waals surface area contributed by atoms with Crippen LogP contribution in [0.25, 0.3) is 0 Å². The number of halogens is 4. The van der Waals surface area contributed by atoms with Gasteiger partial charge in [0.05, 0.1) is 11.0 Å². The summed E-state index contributed by atoms with van der Waals surface area (Å²) < 4.78 is 57.3. The molecule has 0 N–H and O–H groups in total. The molecule has 1 fully saturated rings. The van der Waals surface area contributed by atoms with Crippen molar-refractivity contribution < 1.29 is 27.1 Å². The number of ether oxygens (including phenoxy) is 1. The highest BCUT2D eigenvalue weighted by atomic mass is 19.4. The second kappa shape index (κ2) is 7.09. The predicted octanol–water partition coefficient (Wildman–Crippen LogP) is 5.40. The minimum Gasteiger partial charge on any atom is -0.460 e. The predicted molar refractivity (Wildman–Crippen MR) is 87.8 cm³/mol. The van der Waals surface area contributed by atoms with E-state index in [-0.39, 0.29) is 12.2 Å². The van der Waals surface area contributed by atoms with Crippen LogP contribution in [0.1, 0.15) is 42.4 Å². The summed E-state index contributed by atoms with van der Waals surface area (Å²) in [6, 6.07) is 10.6. The van der Waals surface area contributed by atoms with E-state index in [0.717, 1.165) is 25.0 Å². The maximum absolute atomic E-state index is 13.6. The third-order valence-electron chi connectivity index (χ3n) is 4.85. The second-order valence-corrected chi connectivity index (χ2v) is 6.57. The van der Waals surface area contributed by atoms with Gasteiger partial charge >= 0.3 is 12.1 Å². The molecule has 1 saturated carbocycles. The number of carbonyl (C=O) groups excluding carboxylic acids is 1. The first-order valence-electron chi connectivity index (χ1n) is 8.41. The Hall–Kier alpha value is -2.37. The van der Waals surface area contributed by atoms with Crippen LogP contribution in [-0.2, 0) is 27.7 Å². The van der Waals surface area contributed by atoms with Gasteiger partial charge in [-0.25, -0.2) is 4.39 Å². The summed E-state index contributed by atoms with van der Waals surface area (Å²) in [5.41, 5.74) is -0.889. The molecule has 0 bridgehead atoms. The van der Waals surface area contributed by atoms with E-state index in [1.54, 1.807) is 12.1 Å². The molecule has 0 radical (unpaired) electrons. The van der Waals surface area contributed by atoms with Gasteiger partial charge in [-0.3, -0.25) is 4.79 Å². The highest BCUT2D eigenvalue weighted by molar-refractivity contribution is 5.83. The number of hydrogen-bond donors (Lipinski definition) is 0. The van der Waals surface area contributed by atoms with Crippen LogP contribution >= 0.6 is 0 Å². The van der Waals surface area contributed by atoms with Crippen LogP contribution in [0.3, 0.4) is 0 Å². The number of hydrogen-bond acceptors (Lipinski definition) is 2. The summed E-state index contributed by atoms with van der Waals surface area (Å²) in [5, 5.41) is 0. The van der Waals surface area contributed by atoms with Crippen molar-refractivity contribution >= 4 is 5.97 Å². The van der Waals surface area contributed by atoms with Gasteiger partial charge in [-0.05, 0) is 48.2 Å². The number of esters is 1. The molecule has 138 valence electrons. The van der Waals surface area contributed by atoms with E-state index < -0.39 is 28.9 Å². The number of benzene rings is 2. The van der Waals surface area contributed by atoms with Crippen LogP contribution in [0, 0.1) is 5.82 Å². The molecule has 6 heteroatoms. The quantitative estimate of drug-likeness (QED) is 0.535. The molecule has 2 nitrogen and oxygen atoms in total. The summed E-state index contributed by atoms with van der Waals surface area (Å²) in [5.74, 6) is -0.947. The molecule has 2 aromatic carbocycles. The topological polar surface area (TPSA) is 26.3 Å². The number of rotatable bonds is 4. The first-order chi connectivity index (χ1) is 12.3. The van der Waals surface area contributed by atoms with Crippen molar-refractivity contribution in [2.45, 2.75) is 43.9 Å². The van der Waals surface area contributed by atoms with E-state index in [2.05, 4.69) is 0 Å². The van der Waals surface area contributed by atoms with Crippen LogP contribution < -0.4 is 0 Å². The largest absolute Gasteiger partial charge is 0.460 e. The van der Waals surface area contributed by atoms with E-state index in [0.29, 0.717) is 18.4 Å². The Morgan fingerprint density at radius 1 is 1.04 bits per heavy atom. The van der Waals surface area contributed by atoms with Crippen LogP contribution in [0.5, 0.6) is 0 Å². The summed E-state index contributed by atoms with van der Waals surface area (Å²) in [7, 11) is 0. The Kier molecular flexibility index (Phi) is 5.03. The lowest BCUT2D eigenvalue weighted by atomic mass is 9.79. The molecule has 0 atom stereocenters. The highest BCUT2D eigenvalue weighted by Crippen LogP contribution is 2.42. The maximum atomic E-state index is 13.6. The van der Waals surface area contributed by atoms with Crippen LogP contribution in [0.2, 0.25) is 0 Å². The van der Waals surface area contributed by atoms with Gasteiger partial charge in [0.1, 0.15) is 12.4 Å². The molecule has 0 spiro atoms. The average molecular weight is 366 g/mol. The Morgan fingerprint density at radius 3 is 2.38 bits per heavy atom. The zero-order valence-corrected chi connectivity index (χ0v) is 14.0. The molecule has 0 heterocycles. The number of carbonyl (C=O) groups is 1. The molecular weight excluding hydrogens is 348 g/mol. The van der Waals surface area contributed by atoms with Crippen molar-refractivity contribution in [3.8, 4) is 0 Å². The first kappa shape index (κ1) is 18.4. The van der Waals surface area contributed by atoms with Crippen molar-refractivity contribution in [2.75, 3.05) is 0 Å². The first-order valence-corrected chi connectivity index (χ1v) is 8.41. The highest BCUT2D eigenvalue weighted by Gasteiger charge is 2.44. The minimum absolute atomic E-state index is 0.250. The fraction of sp³-hybridized carbons (Fsp3) is 0.350. The molecule has 0 amide bonds. The molecule has 26 heavy (non-hydrogen) atoms. The van der Waals surface area contributed by atoms with Crippen LogP contribution in [0.4, 0.5) is 17.6 Å². The summed E-state index contributed by atoms with van der Waals surface area (Å²) >= 11 is 0. The monoisotopic (exact) mass is 366 g/mol. The van der Waals surface area contributed by atoms with Gasteiger partial charge in [-0.1, -0.05) is 37.1 Å². The molecule has 0 saturated heterocycles. The SMILES string of the molecule is O=C(OCc1cccc(C(F)(F)F)c1)C1(c2cccc(F)c2)CCCC1. The molecule has 2 aromatic rings. The molecule has 0 aliphatic heterocycles. The van der Waals surface area contributed by atoms with E-state index in [9.17, 15) is 22.4 Å². The van der Waals surface area contributed by atoms with Gasteiger partial charge in [0.2, 0.25) is 0 Å². The van der Waals surface area contributed by atoms with Crippen LogP contribution in [-0.4, -0.2) is 5.97 Å². The Balaban J connectivity index is 1.78. The molecule has 0 aromatic heterocycles. The normalized spacial score (nSPS) is 16.5. The molecular formula is C20H18F4O2. The molecule has 1 aliphatic carbocycles. The average Bonchev–Trinajstić information content (AvgIpc) is 3.10. The van der Waals surface area contributed by atoms with Crippen LogP contribution in [0.15, 0.2) is 48.5 Å². The summed E-state index contributed by atoms with van der Waals surface area (Å²) in [6.45, 7) is -0.250. The lowest BCUT2D eigenvalue weighted by molar-refractivity contribution is -0.152. The second-order valence-electron chi connectivity index (χ2n) is 6.57. The third kappa shape index (κ3) is 3.74. The van der Waals surface area contributed by atoms with E-state index in [1.165, 1.54) is 24.3 Å². The van der Waals surface area contributed by atoms with E-state index >= 15 is 0 Å². The zero-order chi connectivity index (χ0) is 18.8. The Bertz CT molecular complexity index is 792. The van der Waals surface area contributed by atoms with E-state index in [1.807, 2.05) is 0 Å². The summed E-state index contributed by atoms with van der Waals surface area (Å²) in [4.78, 5) is 12.8. The number of alkyl halides is 3. The van der Waals surface area contributed by atoms with Gasteiger partial charge in [0.15, 0.2) is 0 Å². The van der Waals surface area contributed by atoms with Crippen molar-refractivity contribution in [1.29, 1.82) is 0 Å². The van der Waals surface area contributed by atoms with Gasteiger partial charge in [0, 0.05) is 0 Å². The fourth-order valence-electron chi connectivity index (χ4n) is 3.50. The molecule has 3 rings (SSSR count).